The third-order valence-corrected chi connectivity index (χ3v) is 4.57. The summed E-state index contributed by atoms with van der Waals surface area (Å²) in [7, 11) is 1.70. The molecule has 1 aliphatic heterocycles. The molecule has 7 heteroatoms. The molecule has 0 aromatic heterocycles. The lowest BCUT2D eigenvalue weighted by Crippen LogP contribution is -2.51. The lowest BCUT2D eigenvalue weighted by Gasteiger charge is -2.37. The number of likely N-dealkylation sites (tertiary alicyclic amines) is 1. The Morgan fingerprint density at radius 2 is 1.96 bits per heavy atom. The van der Waals surface area contributed by atoms with Crippen molar-refractivity contribution < 1.29 is 19.1 Å². The summed E-state index contributed by atoms with van der Waals surface area (Å²) in [6, 6.07) is 7.09. The number of carbonyl (C=O) groups is 2. The lowest BCUT2D eigenvalue weighted by molar-refractivity contribution is 0.0133. The van der Waals surface area contributed by atoms with E-state index in [-0.39, 0.29) is 12.1 Å². The van der Waals surface area contributed by atoms with Gasteiger partial charge in [0, 0.05) is 20.1 Å². The van der Waals surface area contributed by atoms with Crippen molar-refractivity contribution in [2.24, 2.45) is 0 Å². The van der Waals surface area contributed by atoms with Crippen molar-refractivity contribution >= 4 is 28.1 Å². The van der Waals surface area contributed by atoms with Crippen LogP contribution in [-0.4, -0.2) is 53.8 Å². The van der Waals surface area contributed by atoms with E-state index in [0.717, 1.165) is 17.3 Å². The molecule has 1 fully saturated rings. The zero-order chi connectivity index (χ0) is 18.6. The summed E-state index contributed by atoms with van der Waals surface area (Å²) >= 11 is 3.36. The molecule has 138 valence electrons. The Hall–Kier alpha value is -1.76. The molecule has 0 radical (unpaired) electrons. The van der Waals surface area contributed by atoms with Gasteiger partial charge in [0.15, 0.2) is 0 Å². The first-order chi connectivity index (χ1) is 11.7. The molecule has 2 rings (SSSR count). The topological polar surface area (TPSA) is 59.1 Å². The van der Waals surface area contributed by atoms with E-state index in [1.54, 1.807) is 29.0 Å². The minimum absolute atomic E-state index is 0.101. The molecule has 25 heavy (non-hydrogen) atoms. The van der Waals surface area contributed by atoms with Gasteiger partial charge < -0.3 is 19.3 Å². The molecule has 0 aliphatic carbocycles. The second-order valence-corrected chi connectivity index (χ2v) is 7.99. The van der Waals surface area contributed by atoms with Gasteiger partial charge in [-0.1, -0.05) is 12.1 Å². The second-order valence-electron chi connectivity index (χ2n) is 7.13. The molecule has 2 amide bonds. The van der Waals surface area contributed by atoms with Crippen molar-refractivity contribution in [1.82, 2.24) is 9.80 Å². The Morgan fingerprint density at radius 3 is 2.60 bits per heavy atom. The van der Waals surface area contributed by atoms with Crippen LogP contribution in [0.1, 0.15) is 33.6 Å². The number of likely N-dealkylation sites (N-methyl/N-ethyl adjacent to an activating group) is 1. The van der Waals surface area contributed by atoms with Crippen LogP contribution in [0, 0.1) is 0 Å². The van der Waals surface area contributed by atoms with E-state index in [9.17, 15) is 9.59 Å². The molecule has 1 aromatic rings. The Bertz CT molecular complexity index is 630. The van der Waals surface area contributed by atoms with Gasteiger partial charge in [-0.05, 0) is 61.7 Å². The number of nitrogens with zero attached hydrogens (tertiary/aromatic N) is 2. The van der Waals surface area contributed by atoms with E-state index in [1.165, 1.54) is 0 Å². The van der Waals surface area contributed by atoms with Crippen LogP contribution in [0.25, 0.3) is 0 Å². The summed E-state index contributed by atoms with van der Waals surface area (Å²) < 4.78 is 11.6. The van der Waals surface area contributed by atoms with Crippen molar-refractivity contribution in [1.29, 1.82) is 0 Å². The third-order valence-electron chi connectivity index (χ3n) is 3.92. The zero-order valence-corrected chi connectivity index (χ0v) is 16.7. The van der Waals surface area contributed by atoms with E-state index >= 15 is 0 Å². The molecular weight excluding hydrogens is 388 g/mol. The maximum absolute atomic E-state index is 12.4. The number of ether oxygens (including phenoxy) is 2. The SMILES string of the molecule is CN(C(=O)Oc1ccccc1Br)[C@@H]1CCCN(C(=O)OC(C)(C)C)C1. The fourth-order valence-corrected chi connectivity index (χ4v) is 2.97. The molecule has 1 aliphatic rings. The summed E-state index contributed by atoms with van der Waals surface area (Å²) in [6.45, 7) is 6.60. The summed E-state index contributed by atoms with van der Waals surface area (Å²) in [6.07, 6.45) is 0.852. The highest BCUT2D eigenvalue weighted by molar-refractivity contribution is 9.10. The Morgan fingerprint density at radius 1 is 1.28 bits per heavy atom. The summed E-state index contributed by atoms with van der Waals surface area (Å²) in [5, 5.41) is 0. The number of hydrogen-bond donors (Lipinski definition) is 0. The molecule has 0 bridgehead atoms. The van der Waals surface area contributed by atoms with Crippen molar-refractivity contribution in [2.45, 2.75) is 45.3 Å². The van der Waals surface area contributed by atoms with Crippen LogP contribution in [0.2, 0.25) is 0 Å². The van der Waals surface area contributed by atoms with Crippen molar-refractivity contribution in [2.75, 3.05) is 20.1 Å². The monoisotopic (exact) mass is 412 g/mol. The molecule has 0 unspecified atom stereocenters. The highest BCUT2D eigenvalue weighted by atomic mass is 79.9. The Kier molecular flexibility index (Phi) is 6.32. The first-order valence-corrected chi connectivity index (χ1v) is 9.14. The highest BCUT2D eigenvalue weighted by Crippen LogP contribution is 2.25. The predicted molar refractivity (Wildman–Crippen MR) is 98.8 cm³/mol. The standard InChI is InChI=1S/C18H25BrN2O4/c1-18(2,3)25-17(23)21-11-7-8-13(12-21)20(4)16(22)24-15-10-6-5-9-14(15)19/h5-6,9-10,13H,7-8,11-12H2,1-4H3/t13-/m1/s1. The number of para-hydroxylation sites is 1. The van der Waals surface area contributed by atoms with E-state index in [0.29, 0.717) is 18.8 Å². The first-order valence-electron chi connectivity index (χ1n) is 8.34. The minimum Gasteiger partial charge on any atom is -0.444 e. The number of hydrogen-bond acceptors (Lipinski definition) is 4. The number of rotatable bonds is 2. The van der Waals surface area contributed by atoms with Crippen LogP contribution in [0.4, 0.5) is 9.59 Å². The van der Waals surface area contributed by atoms with E-state index < -0.39 is 11.7 Å². The maximum Gasteiger partial charge on any atom is 0.415 e. The summed E-state index contributed by atoms with van der Waals surface area (Å²) in [4.78, 5) is 27.9. The fourth-order valence-electron chi connectivity index (χ4n) is 2.61. The molecule has 0 saturated carbocycles. The zero-order valence-electron chi connectivity index (χ0n) is 15.1. The van der Waals surface area contributed by atoms with Crippen molar-refractivity contribution in [3.63, 3.8) is 0 Å². The average molecular weight is 413 g/mol. The number of halogens is 1. The first kappa shape index (κ1) is 19.6. The highest BCUT2D eigenvalue weighted by Gasteiger charge is 2.31. The van der Waals surface area contributed by atoms with E-state index in [1.807, 2.05) is 32.9 Å². The number of carbonyl (C=O) groups excluding carboxylic acids is 2. The number of piperidine rings is 1. The van der Waals surface area contributed by atoms with Crippen molar-refractivity contribution in [3.05, 3.63) is 28.7 Å². The van der Waals surface area contributed by atoms with Gasteiger partial charge in [-0.3, -0.25) is 0 Å². The number of amides is 2. The van der Waals surface area contributed by atoms with Gasteiger partial charge in [-0.25, -0.2) is 9.59 Å². The van der Waals surface area contributed by atoms with Crippen LogP contribution in [0.5, 0.6) is 5.75 Å². The minimum atomic E-state index is -0.533. The predicted octanol–water partition coefficient (Wildman–Crippen LogP) is 4.28. The second kappa shape index (κ2) is 8.08. The van der Waals surface area contributed by atoms with Crippen molar-refractivity contribution in [3.8, 4) is 5.75 Å². The molecule has 0 N–H and O–H groups in total. The van der Waals surface area contributed by atoms with Gasteiger partial charge >= 0.3 is 12.2 Å². The Labute approximate surface area is 157 Å². The third kappa shape index (κ3) is 5.63. The summed E-state index contributed by atoms with van der Waals surface area (Å²) in [5.41, 5.74) is -0.533. The van der Waals surface area contributed by atoms with Gasteiger partial charge in [-0.15, -0.1) is 0 Å². The van der Waals surface area contributed by atoms with Gasteiger partial charge in [0.2, 0.25) is 0 Å². The number of benzene rings is 1. The largest absolute Gasteiger partial charge is 0.444 e. The van der Waals surface area contributed by atoms with Gasteiger partial charge in [0.1, 0.15) is 11.4 Å². The molecule has 6 nitrogen and oxygen atoms in total. The van der Waals surface area contributed by atoms with Gasteiger partial charge in [0.05, 0.1) is 10.5 Å². The molecule has 1 heterocycles. The van der Waals surface area contributed by atoms with E-state index in [4.69, 9.17) is 9.47 Å². The Balaban J connectivity index is 1.96. The molecule has 0 spiro atoms. The van der Waals surface area contributed by atoms with E-state index in [2.05, 4.69) is 15.9 Å². The molecule has 1 saturated heterocycles. The van der Waals surface area contributed by atoms with Gasteiger partial charge in [0.25, 0.3) is 0 Å². The quantitative estimate of drug-likeness (QED) is 0.726. The van der Waals surface area contributed by atoms with Crippen LogP contribution in [-0.2, 0) is 4.74 Å². The van der Waals surface area contributed by atoms with Crippen LogP contribution < -0.4 is 4.74 Å². The average Bonchev–Trinajstić information content (AvgIpc) is 2.54. The lowest BCUT2D eigenvalue weighted by atomic mass is 10.1. The fraction of sp³-hybridized carbons (Fsp3) is 0.556. The molecular formula is C18H25BrN2O4. The maximum atomic E-state index is 12.4. The molecule has 1 atom stereocenters. The smallest absolute Gasteiger partial charge is 0.415 e. The van der Waals surface area contributed by atoms with Crippen LogP contribution >= 0.6 is 15.9 Å². The summed E-state index contributed by atoms with van der Waals surface area (Å²) in [5.74, 6) is 0.471. The van der Waals surface area contributed by atoms with Gasteiger partial charge in [-0.2, -0.15) is 0 Å². The normalized spacial score (nSPS) is 17.8. The molecule has 1 aromatic carbocycles. The van der Waals surface area contributed by atoms with Crippen LogP contribution in [0.15, 0.2) is 28.7 Å². The van der Waals surface area contributed by atoms with Crippen LogP contribution in [0.3, 0.4) is 0 Å².